The number of hydrogen-bond acceptors (Lipinski definition) is 5. The summed E-state index contributed by atoms with van der Waals surface area (Å²) in [7, 11) is 0. The number of carboxylic acids is 1. The Kier molecular flexibility index (Phi) is 7.29. The van der Waals surface area contributed by atoms with E-state index in [0.29, 0.717) is 18.6 Å². The summed E-state index contributed by atoms with van der Waals surface area (Å²) in [6.07, 6.45) is 0.632. The van der Waals surface area contributed by atoms with E-state index < -0.39 is 11.9 Å². The first-order valence-electron chi connectivity index (χ1n) is 7.41. The summed E-state index contributed by atoms with van der Waals surface area (Å²) in [4.78, 5) is 21.6. The van der Waals surface area contributed by atoms with Crippen molar-refractivity contribution in [3.63, 3.8) is 0 Å². The predicted octanol–water partition coefficient (Wildman–Crippen LogP) is 3.22. The molecule has 128 valence electrons. The van der Waals surface area contributed by atoms with Crippen LogP contribution < -0.4 is 0 Å². The van der Waals surface area contributed by atoms with Crippen molar-refractivity contribution in [3.8, 4) is 11.5 Å². The van der Waals surface area contributed by atoms with Crippen LogP contribution in [-0.4, -0.2) is 33.9 Å². The maximum absolute atomic E-state index is 11.1. The summed E-state index contributed by atoms with van der Waals surface area (Å²) in [5.74, 6) is -1.75. The lowest BCUT2D eigenvalue weighted by Crippen LogP contribution is -2.04. The zero-order valence-electron chi connectivity index (χ0n) is 13.5. The van der Waals surface area contributed by atoms with Gasteiger partial charge in [-0.25, -0.2) is 9.59 Å². The number of para-hydroxylation sites is 2. The van der Waals surface area contributed by atoms with E-state index in [1.54, 1.807) is 31.2 Å². The Labute approximate surface area is 140 Å². The molecule has 2 rings (SSSR count). The smallest absolute Gasteiger partial charge is 0.341 e. The van der Waals surface area contributed by atoms with Crippen molar-refractivity contribution >= 4 is 11.9 Å². The summed E-state index contributed by atoms with van der Waals surface area (Å²) >= 11 is 0. The number of aromatic hydroxyl groups is 2. The zero-order valence-corrected chi connectivity index (χ0v) is 13.5. The average Bonchev–Trinajstić information content (AvgIpc) is 2.56. The molecule has 0 saturated heterocycles. The van der Waals surface area contributed by atoms with Crippen LogP contribution in [0.15, 0.2) is 42.5 Å². The van der Waals surface area contributed by atoms with Gasteiger partial charge in [0, 0.05) is 0 Å². The third-order valence-corrected chi connectivity index (χ3v) is 3.13. The minimum Gasteiger partial charge on any atom is -0.507 e. The lowest BCUT2D eigenvalue weighted by molar-refractivity contribution is 0.0522. The number of aromatic carboxylic acids is 1. The van der Waals surface area contributed by atoms with Crippen molar-refractivity contribution in [2.24, 2.45) is 0 Å². The molecule has 0 spiro atoms. The molecule has 0 atom stereocenters. The number of carbonyl (C=O) groups is 2. The summed E-state index contributed by atoms with van der Waals surface area (Å²) in [5.41, 5.74) is 0.837. The molecule has 0 aliphatic carbocycles. The quantitative estimate of drug-likeness (QED) is 0.743. The third kappa shape index (κ3) is 5.01. The van der Waals surface area contributed by atoms with Gasteiger partial charge in [-0.15, -0.1) is 0 Å². The van der Waals surface area contributed by atoms with Gasteiger partial charge in [0.15, 0.2) is 0 Å². The highest BCUT2D eigenvalue weighted by atomic mass is 16.5. The van der Waals surface area contributed by atoms with Crippen molar-refractivity contribution < 1.29 is 29.6 Å². The summed E-state index contributed by atoms with van der Waals surface area (Å²) in [5, 5.41) is 27.2. The number of carboxylic acid groups (broad SMARTS) is 1. The number of carbonyl (C=O) groups excluding carboxylic acids is 1. The van der Waals surface area contributed by atoms with E-state index in [-0.39, 0.29) is 22.6 Å². The van der Waals surface area contributed by atoms with Crippen LogP contribution in [0.4, 0.5) is 0 Å². The molecule has 0 bridgehead atoms. The average molecular weight is 332 g/mol. The van der Waals surface area contributed by atoms with Gasteiger partial charge >= 0.3 is 11.9 Å². The Hall–Kier alpha value is -3.02. The van der Waals surface area contributed by atoms with Gasteiger partial charge in [-0.3, -0.25) is 0 Å². The molecule has 3 N–H and O–H groups in total. The molecule has 0 aliphatic rings. The molecule has 6 heteroatoms. The fourth-order valence-electron chi connectivity index (χ4n) is 1.90. The zero-order chi connectivity index (χ0) is 18.1. The van der Waals surface area contributed by atoms with Gasteiger partial charge in [0.2, 0.25) is 0 Å². The number of ether oxygens (including phenoxy) is 1. The van der Waals surface area contributed by atoms with E-state index in [1.807, 2.05) is 6.92 Å². The SMILES string of the molecule is CCOC(=O)c1ccccc1O.CCc1cccc(C(=O)O)c1O. The number of phenolic OH excluding ortho intramolecular Hbond substituents is 1. The van der Waals surface area contributed by atoms with E-state index in [9.17, 15) is 19.8 Å². The highest BCUT2D eigenvalue weighted by Crippen LogP contribution is 2.22. The highest BCUT2D eigenvalue weighted by molar-refractivity contribution is 5.92. The number of esters is 1. The Morgan fingerprint density at radius 2 is 1.58 bits per heavy atom. The highest BCUT2D eigenvalue weighted by Gasteiger charge is 2.11. The second-order valence-electron chi connectivity index (χ2n) is 4.71. The van der Waals surface area contributed by atoms with Crippen molar-refractivity contribution in [2.75, 3.05) is 6.61 Å². The molecular formula is C18H20O6. The molecule has 0 aromatic heterocycles. The molecule has 6 nitrogen and oxygen atoms in total. The van der Waals surface area contributed by atoms with Crippen LogP contribution >= 0.6 is 0 Å². The largest absolute Gasteiger partial charge is 0.507 e. The van der Waals surface area contributed by atoms with Crippen molar-refractivity contribution in [1.82, 2.24) is 0 Å². The normalized spacial score (nSPS) is 9.58. The van der Waals surface area contributed by atoms with Crippen LogP contribution in [0, 0.1) is 0 Å². The van der Waals surface area contributed by atoms with Crippen molar-refractivity contribution in [2.45, 2.75) is 20.3 Å². The predicted molar refractivity (Wildman–Crippen MR) is 88.5 cm³/mol. The lowest BCUT2D eigenvalue weighted by atomic mass is 10.1. The number of phenols is 2. The van der Waals surface area contributed by atoms with Crippen LogP contribution in [0.25, 0.3) is 0 Å². The van der Waals surface area contributed by atoms with Crippen LogP contribution in [0.5, 0.6) is 11.5 Å². The van der Waals surface area contributed by atoms with Gasteiger partial charge in [-0.05, 0) is 37.1 Å². The molecule has 2 aromatic rings. The second kappa shape index (κ2) is 9.19. The lowest BCUT2D eigenvalue weighted by Gasteiger charge is -2.03. The molecule has 24 heavy (non-hydrogen) atoms. The maximum Gasteiger partial charge on any atom is 0.341 e. The van der Waals surface area contributed by atoms with E-state index in [1.165, 1.54) is 18.2 Å². The Balaban J connectivity index is 0.000000240. The van der Waals surface area contributed by atoms with Gasteiger partial charge in [0.05, 0.1) is 6.61 Å². The van der Waals surface area contributed by atoms with Crippen LogP contribution in [0.1, 0.15) is 40.1 Å². The Bertz CT molecular complexity index is 708. The monoisotopic (exact) mass is 332 g/mol. The molecular weight excluding hydrogens is 312 g/mol. The molecule has 2 aromatic carbocycles. The first kappa shape index (κ1) is 19.0. The van der Waals surface area contributed by atoms with Gasteiger partial charge in [-0.1, -0.05) is 31.2 Å². The van der Waals surface area contributed by atoms with Crippen LogP contribution in [0.3, 0.4) is 0 Å². The minimum absolute atomic E-state index is 0.0330. The molecule has 0 saturated carbocycles. The van der Waals surface area contributed by atoms with E-state index in [2.05, 4.69) is 0 Å². The fourth-order valence-corrected chi connectivity index (χ4v) is 1.90. The minimum atomic E-state index is -1.09. The standard InChI is InChI=1S/2C9H10O3/c1-2-12-9(11)7-5-3-4-6-8(7)10;1-2-6-4-3-5-7(8(6)10)9(11)12/h3-6,10H,2H2,1H3;3-5,10H,2H2,1H3,(H,11,12). The Morgan fingerprint density at radius 1 is 0.958 bits per heavy atom. The van der Waals surface area contributed by atoms with Crippen molar-refractivity contribution in [1.29, 1.82) is 0 Å². The second-order valence-corrected chi connectivity index (χ2v) is 4.71. The van der Waals surface area contributed by atoms with Gasteiger partial charge in [0.25, 0.3) is 0 Å². The van der Waals surface area contributed by atoms with Crippen LogP contribution in [-0.2, 0) is 11.2 Å². The first-order valence-corrected chi connectivity index (χ1v) is 7.41. The number of rotatable bonds is 4. The summed E-state index contributed by atoms with van der Waals surface area (Å²) in [6.45, 7) is 3.89. The fraction of sp³-hybridized carbons (Fsp3) is 0.222. The van der Waals surface area contributed by atoms with Gasteiger partial charge < -0.3 is 20.1 Å². The van der Waals surface area contributed by atoms with E-state index >= 15 is 0 Å². The molecule has 0 radical (unpaired) electrons. The number of benzene rings is 2. The molecule has 0 aliphatic heterocycles. The first-order chi connectivity index (χ1) is 11.4. The molecule has 0 heterocycles. The molecule has 0 unspecified atom stereocenters. The Morgan fingerprint density at radius 3 is 2.12 bits per heavy atom. The topological polar surface area (TPSA) is 104 Å². The van der Waals surface area contributed by atoms with Gasteiger partial charge in [-0.2, -0.15) is 0 Å². The summed E-state index contributed by atoms with van der Waals surface area (Å²) < 4.78 is 4.71. The summed E-state index contributed by atoms with van der Waals surface area (Å²) in [6, 6.07) is 11.0. The van der Waals surface area contributed by atoms with Gasteiger partial charge in [0.1, 0.15) is 22.6 Å². The molecule has 0 amide bonds. The van der Waals surface area contributed by atoms with Crippen molar-refractivity contribution in [3.05, 3.63) is 59.2 Å². The number of aryl methyl sites for hydroxylation is 1. The van der Waals surface area contributed by atoms with E-state index in [4.69, 9.17) is 9.84 Å². The molecule has 0 fully saturated rings. The maximum atomic E-state index is 11.1. The van der Waals surface area contributed by atoms with E-state index in [0.717, 1.165) is 0 Å². The van der Waals surface area contributed by atoms with Crippen LogP contribution in [0.2, 0.25) is 0 Å². The number of hydrogen-bond donors (Lipinski definition) is 3. The third-order valence-electron chi connectivity index (χ3n) is 3.13.